The molecule has 1 aromatic rings. The van der Waals surface area contributed by atoms with Crippen LogP contribution in [0.5, 0.6) is 0 Å². The van der Waals surface area contributed by atoms with Crippen LogP contribution in [0, 0.1) is 14.4 Å². The van der Waals surface area contributed by atoms with Gasteiger partial charge in [-0.25, -0.2) is 0 Å². The van der Waals surface area contributed by atoms with Crippen LogP contribution in [0.2, 0.25) is 0 Å². The molecule has 1 aromatic carbocycles. The molecule has 0 spiro atoms. The quantitative estimate of drug-likeness (QED) is 0.305. The second-order valence-corrected chi connectivity index (χ2v) is 3.79. The summed E-state index contributed by atoms with van der Waals surface area (Å²) < 4.78 is 1.12. The number of nitrogens with one attached hydrogen (secondary N) is 4. The van der Waals surface area contributed by atoms with E-state index < -0.39 is 0 Å². The van der Waals surface area contributed by atoms with E-state index in [-0.39, 0.29) is 11.9 Å². The lowest BCUT2D eigenvalue weighted by Gasteiger charge is -2.08. The first-order chi connectivity index (χ1) is 6.58. The largest absolute Gasteiger partial charge is 0.370 e. The van der Waals surface area contributed by atoms with Crippen molar-refractivity contribution in [3.8, 4) is 0 Å². The molecule has 0 amide bonds. The Hall–Kier alpha value is -1.31. The first kappa shape index (κ1) is 10.8. The van der Waals surface area contributed by atoms with Crippen molar-refractivity contribution in [2.45, 2.75) is 0 Å². The summed E-state index contributed by atoms with van der Waals surface area (Å²) in [5.74, 6) is -0.272. The molecule has 14 heavy (non-hydrogen) atoms. The van der Waals surface area contributed by atoms with E-state index in [1.807, 2.05) is 24.3 Å². The van der Waals surface area contributed by atoms with Crippen molar-refractivity contribution in [2.24, 2.45) is 5.73 Å². The maximum atomic E-state index is 7.37. The second-order valence-electron chi connectivity index (χ2n) is 2.55. The zero-order valence-corrected chi connectivity index (χ0v) is 9.42. The van der Waals surface area contributed by atoms with Crippen LogP contribution in [0.15, 0.2) is 24.3 Å². The van der Waals surface area contributed by atoms with E-state index in [4.69, 9.17) is 16.6 Å². The zero-order chi connectivity index (χ0) is 10.6. The predicted molar refractivity (Wildman–Crippen MR) is 65.6 cm³/mol. The molecule has 0 bridgehead atoms. The van der Waals surface area contributed by atoms with E-state index in [0.29, 0.717) is 0 Å². The highest BCUT2D eigenvalue weighted by molar-refractivity contribution is 14.1. The Balaban J connectivity index is 2.56. The van der Waals surface area contributed by atoms with Crippen molar-refractivity contribution in [3.05, 3.63) is 27.8 Å². The number of nitrogens with two attached hydrogens (primary N) is 1. The first-order valence-electron chi connectivity index (χ1n) is 3.80. The maximum Gasteiger partial charge on any atom is 0.199 e. The fraction of sp³-hybridized carbons (Fsp3) is 0. The Bertz CT molecular complexity index is 345. The van der Waals surface area contributed by atoms with E-state index >= 15 is 0 Å². The summed E-state index contributed by atoms with van der Waals surface area (Å²) in [5, 5.41) is 19.4. The average Bonchev–Trinajstić information content (AvgIpc) is 2.07. The summed E-state index contributed by atoms with van der Waals surface area (Å²) in [6.45, 7) is 0. The molecule has 0 aliphatic rings. The first-order valence-corrected chi connectivity index (χ1v) is 4.88. The maximum absolute atomic E-state index is 7.37. The number of hydrogen-bond donors (Lipinski definition) is 5. The lowest BCUT2D eigenvalue weighted by atomic mass is 10.3. The van der Waals surface area contributed by atoms with Gasteiger partial charge in [-0.3, -0.25) is 16.1 Å². The van der Waals surface area contributed by atoms with Gasteiger partial charge in [0.15, 0.2) is 11.9 Å². The molecular weight excluding hydrogens is 293 g/mol. The average molecular weight is 303 g/mol. The van der Waals surface area contributed by atoms with Crippen LogP contribution in [0.4, 0.5) is 5.69 Å². The van der Waals surface area contributed by atoms with Gasteiger partial charge in [0.1, 0.15) is 0 Å². The Morgan fingerprint density at radius 2 is 1.79 bits per heavy atom. The van der Waals surface area contributed by atoms with Gasteiger partial charge in [0.2, 0.25) is 0 Å². The van der Waals surface area contributed by atoms with E-state index in [0.717, 1.165) is 9.26 Å². The van der Waals surface area contributed by atoms with Crippen LogP contribution in [0.1, 0.15) is 0 Å². The van der Waals surface area contributed by atoms with E-state index in [2.05, 4.69) is 33.2 Å². The Labute approximate surface area is 95.2 Å². The van der Waals surface area contributed by atoms with Gasteiger partial charge < -0.3 is 11.1 Å². The van der Waals surface area contributed by atoms with Crippen LogP contribution >= 0.6 is 22.6 Å². The second kappa shape index (κ2) is 4.80. The molecule has 0 aliphatic carbocycles. The lowest BCUT2D eigenvalue weighted by Crippen LogP contribution is -2.39. The number of benzene rings is 1. The molecule has 6 heteroatoms. The van der Waals surface area contributed by atoms with Gasteiger partial charge in [0.25, 0.3) is 0 Å². The van der Waals surface area contributed by atoms with Gasteiger partial charge in [-0.15, -0.1) is 0 Å². The molecule has 0 heterocycles. The molecule has 0 saturated carbocycles. The molecule has 74 valence electrons. The number of anilines is 1. The summed E-state index contributed by atoms with van der Waals surface area (Å²) in [5.41, 5.74) is 5.84. The van der Waals surface area contributed by atoms with Gasteiger partial charge in [0, 0.05) is 9.26 Å². The molecule has 0 radical (unpaired) electrons. The normalized spacial score (nSPS) is 9.21. The summed E-state index contributed by atoms with van der Waals surface area (Å²) >= 11 is 2.20. The third-order valence-corrected chi connectivity index (χ3v) is 2.09. The molecule has 1 rings (SSSR count). The molecular formula is C8H10IN5. The number of halogens is 1. The summed E-state index contributed by atoms with van der Waals surface area (Å²) in [7, 11) is 0. The lowest BCUT2D eigenvalue weighted by molar-refractivity contribution is 1.20. The molecule has 6 N–H and O–H groups in total. The predicted octanol–water partition coefficient (Wildman–Crippen LogP) is 1.12. The van der Waals surface area contributed by atoms with Crippen molar-refractivity contribution in [1.82, 2.24) is 5.32 Å². The van der Waals surface area contributed by atoms with Crippen molar-refractivity contribution < 1.29 is 0 Å². The molecule has 0 unspecified atom stereocenters. The van der Waals surface area contributed by atoms with Crippen LogP contribution in [0.3, 0.4) is 0 Å². The van der Waals surface area contributed by atoms with Crippen molar-refractivity contribution in [1.29, 1.82) is 10.8 Å². The Morgan fingerprint density at radius 3 is 2.29 bits per heavy atom. The highest BCUT2D eigenvalue weighted by Crippen LogP contribution is 2.10. The van der Waals surface area contributed by atoms with Gasteiger partial charge in [-0.05, 0) is 46.9 Å². The third-order valence-electron chi connectivity index (χ3n) is 1.37. The fourth-order valence-electron chi connectivity index (χ4n) is 0.843. The third kappa shape index (κ3) is 3.60. The van der Waals surface area contributed by atoms with Crippen LogP contribution in [-0.2, 0) is 0 Å². The molecule has 5 nitrogen and oxygen atoms in total. The molecule has 0 aliphatic heterocycles. The van der Waals surface area contributed by atoms with Gasteiger partial charge in [-0.2, -0.15) is 0 Å². The number of guanidine groups is 2. The summed E-state index contributed by atoms with van der Waals surface area (Å²) in [6, 6.07) is 7.53. The highest BCUT2D eigenvalue weighted by atomic mass is 127. The number of hydrogen-bond acceptors (Lipinski definition) is 2. The summed E-state index contributed by atoms with van der Waals surface area (Å²) in [6.07, 6.45) is 0. The van der Waals surface area contributed by atoms with Crippen LogP contribution < -0.4 is 16.4 Å². The highest BCUT2D eigenvalue weighted by Gasteiger charge is 1.97. The van der Waals surface area contributed by atoms with Crippen molar-refractivity contribution >= 4 is 40.2 Å². The SMILES string of the molecule is N=C(N)NC(=N)Nc1ccc(I)cc1. The molecule has 0 atom stereocenters. The van der Waals surface area contributed by atoms with Gasteiger partial charge in [0.05, 0.1) is 0 Å². The molecule has 0 fully saturated rings. The zero-order valence-electron chi connectivity index (χ0n) is 7.26. The number of rotatable bonds is 1. The van der Waals surface area contributed by atoms with Crippen LogP contribution in [0.25, 0.3) is 0 Å². The smallest absolute Gasteiger partial charge is 0.199 e. The molecule has 0 saturated heterocycles. The minimum Gasteiger partial charge on any atom is -0.370 e. The standard InChI is InChI=1S/C8H10IN5/c9-5-1-3-6(4-2-5)13-8(12)14-7(10)11/h1-4H,(H6,10,11,12,13,14). The van der Waals surface area contributed by atoms with E-state index in [1.165, 1.54) is 0 Å². The fourth-order valence-corrected chi connectivity index (χ4v) is 1.20. The minimum atomic E-state index is -0.256. The Morgan fingerprint density at radius 1 is 1.21 bits per heavy atom. The topological polar surface area (TPSA) is 97.8 Å². The van der Waals surface area contributed by atoms with Gasteiger partial charge in [-0.1, -0.05) is 0 Å². The Kier molecular flexibility index (Phi) is 3.69. The van der Waals surface area contributed by atoms with Crippen molar-refractivity contribution in [3.63, 3.8) is 0 Å². The van der Waals surface area contributed by atoms with Crippen molar-refractivity contribution in [2.75, 3.05) is 5.32 Å². The van der Waals surface area contributed by atoms with Gasteiger partial charge >= 0.3 is 0 Å². The monoisotopic (exact) mass is 303 g/mol. The van der Waals surface area contributed by atoms with Crippen LogP contribution in [-0.4, -0.2) is 11.9 Å². The van der Waals surface area contributed by atoms with E-state index in [1.54, 1.807) is 0 Å². The molecule has 0 aromatic heterocycles. The van der Waals surface area contributed by atoms with E-state index in [9.17, 15) is 0 Å². The summed E-state index contributed by atoms with van der Waals surface area (Å²) in [4.78, 5) is 0. The minimum absolute atomic E-state index is 0.0151.